The molecule has 0 aliphatic heterocycles. The fraction of sp³-hybridized carbons (Fsp3) is 0.185. The summed E-state index contributed by atoms with van der Waals surface area (Å²) < 4.78 is 27.5. The fourth-order valence-corrected chi connectivity index (χ4v) is 5.02. The highest BCUT2D eigenvalue weighted by Gasteiger charge is 2.16. The number of fused-ring (bicyclic) bond motifs is 1. The molecule has 0 fully saturated rings. The molecular weight excluding hydrogens is 478 g/mol. The summed E-state index contributed by atoms with van der Waals surface area (Å²) in [7, 11) is 3.15. The Balaban J connectivity index is 1.58. The van der Waals surface area contributed by atoms with Gasteiger partial charge in [0.25, 0.3) is 5.91 Å². The van der Waals surface area contributed by atoms with Gasteiger partial charge in [0.1, 0.15) is 5.75 Å². The zero-order valence-corrected chi connectivity index (χ0v) is 21.3. The van der Waals surface area contributed by atoms with E-state index in [1.54, 1.807) is 31.4 Å². The number of nitrogens with one attached hydrogen (secondary N) is 2. The quantitative estimate of drug-likeness (QED) is 0.379. The van der Waals surface area contributed by atoms with Gasteiger partial charge in [-0.2, -0.15) is 0 Å². The SMILES string of the molecule is COC(=O)Nc1ccc2c(c1)c(Cc1ccc(C(=O)NS(=O)c3ccccc3C)cc1OC)cn2C. The van der Waals surface area contributed by atoms with Gasteiger partial charge in [0.05, 0.1) is 19.1 Å². The molecule has 1 unspecified atom stereocenters. The van der Waals surface area contributed by atoms with Crippen LogP contribution in [0.5, 0.6) is 5.75 Å². The standard InChI is InChI=1S/C27H27N3O5S/c1-17-7-5-6-8-25(17)36(33)29-26(31)19-10-9-18(24(14-19)34-3)13-20-16-30(2)23-12-11-21(15-22(20)23)28-27(32)35-4/h5-12,14-16H,13H2,1-4H3,(H,28,32)(H,29,31). The van der Waals surface area contributed by atoms with Gasteiger partial charge in [0.2, 0.25) is 0 Å². The van der Waals surface area contributed by atoms with E-state index in [-0.39, 0.29) is 0 Å². The van der Waals surface area contributed by atoms with Crippen LogP contribution in [0, 0.1) is 6.92 Å². The number of carbonyl (C=O) groups excluding carboxylic acids is 2. The Hall–Kier alpha value is -4.11. The number of methoxy groups -OCH3 is 2. The van der Waals surface area contributed by atoms with Gasteiger partial charge < -0.3 is 14.0 Å². The molecule has 0 saturated carbocycles. The fourth-order valence-electron chi connectivity index (χ4n) is 4.06. The van der Waals surface area contributed by atoms with E-state index in [1.165, 1.54) is 7.11 Å². The molecule has 4 rings (SSSR count). The van der Waals surface area contributed by atoms with Crippen molar-refractivity contribution < 1.29 is 23.3 Å². The summed E-state index contributed by atoms with van der Waals surface area (Å²) >= 11 is 0. The summed E-state index contributed by atoms with van der Waals surface area (Å²) in [6, 6.07) is 18.0. The number of anilines is 1. The molecule has 2 N–H and O–H groups in total. The Kier molecular flexibility index (Phi) is 7.40. The van der Waals surface area contributed by atoms with E-state index in [9.17, 15) is 13.8 Å². The number of nitrogens with zero attached hydrogens (tertiary/aromatic N) is 1. The zero-order valence-electron chi connectivity index (χ0n) is 20.5. The third-order valence-corrected chi connectivity index (χ3v) is 7.14. The van der Waals surface area contributed by atoms with E-state index in [1.807, 2.05) is 61.1 Å². The van der Waals surface area contributed by atoms with Gasteiger partial charge in [-0.25, -0.2) is 9.00 Å². The van der Waals surface area contributed by atoms with Crippen molar-refractivity contribution >= 4 is 39.6 Å². The van der Waals surface area contributed by atoms with Crippen LogP contribution < -0.4 is 14.8 Å². The lowest BCUT2D eigenvalue weighted by Crippen LogP contribution is -2.26. The number of hydrogen-bond donors (Lipinski definition) is 2. The molecule has 0 spiro atoms. The average molecular weight is 506 g/mol. The minimum atomic E-state index is -1.67. The summed E-state index contributed by atoms with van der Waals surface area (Å²) in [6.07, 6.45) is 2.03. The third-order valence-electron chi connectivity index (χ3n) is 5.91. The van der Waals surface area contributed by atoms with Crippen molar-refractivity contribution in [2.75, 3.05) is 19.5 Å². The van der Waals surface area contributed by atoms with Crippen molar-refractivity contribution in [1.82, 2.24) is 9.29 Å². The lowest BCUT2D eigenvalue weighted by Gasteiger charge is -2.12. The number of benzene rings is 3. The van der Waals surface area contributed by atoms with Crippen molar-refractivity contribution in [1.29, 1.82) is 0 Å². The van der Waals surface area contributed by atoms with E-state index in [4.69, 9.17) is 4.74 Å². The van der Waals surface area contributed by atoms with Crippen LogP contribution in [0.3, 0.4) is 0 Å². The molecule has 1 atom stereocenters. The summed E-state index contributed by atoms with van der Waals surface area (Å²) in [6.45, 7) is 1.85. The first kappa shape index (κ1) is 25.0. The number of ether oxygens (including phenoxy) is 2. The molecule has 0 aliphatic carbocycles. The summed E-state index contributed by atoms with van der Waals surface area (Å²) in [5.41, 5.74) is 4.73. The van der Waals surface area contributed by atoms with Gasteiger partial charge in [-0.15, -0.1) is 0 Å². The summed E-state index contributed by atoms with van der Waals surface area (Å²) in [5, 5.41) is 3.67. The number of aryl methyl sites for hydroxylation is 2. The van der Waals surface area contributed by atoms with E-state index in [0.717, 1.165) is 27.6 Å². The smallest absolute Gasteiger partial charge is 0.411 e. The molecule has 4 aromatic rings. The van der Waals surface area contributed by atoms with Gasteiger partial charge in [-0.05, 0) is 60.0 Å². The molecule has 3 aromatic carbocycles. The van der Waals surface area contributed by atoms with Crippen LogP contribution in [0.25, 0.3) is 10.9 Å². The van der Waals surface area contributed by atoms with Gasteiger partial charge in [-0.3, -0.25) is 14.8 Å². The minimum Gasteiger partial charge on any atom is -0.496 e. The van der Waals surface area contributed by atoms with E-state index < -0.39 is 23.0 Å². The highest BCUT2D eigenvalue weighted by molar-refractivity contribution is 7.83. The maximum absolute atomic E-state index is 12.8. The maximum Gasteiger partial charge on any atom is 0.411 e. The maximum atomic E-state index is 12.8. The first-order chi connectivity index (χ1) is 17.3. The normalized spacial score (nSPS) is 11.7. The van der Waals surface area contributed by atoms with Gasteiger partial charge in [-0.1, -0.05) is 24.3 Å². The number of carbonyl (C=O) groups is 2. The predicted molar refractivity (Wildman–Crippen MR) is 140 cm³/mol. The predicted octanol–water partition coefficient (Wildman–Crippen LogP) is 4.72. The van der Waals surface area contributed by atoms with Gasteiger partial charge in [0, 0.05) is 41.8 Å². The Labute approximate surface area is 211 Å². The zero-order chi connectivity index (χ0) is 25.8. The molecule has 8 nitrogen and oxygen atoms in total. The second kappa shape index (κ2) is 10.7. The monoisotopic (exact) mass is 505 g/mol. The average Bonchev–Trinajstić information content (AvgIpc) is 3.18. The lowest BCUT2D eigenvalue weighted by atomic mass is 10.0. The number of amides is 2. The van der Waals surface area contributed by atoms with Crippen molar-refractivity contribution in [2.24, 2.45) is 7.05 Å². The molecule has 1 aromatic heterocycles. The first-order valence-electron chi connectivity index (χ1n) is 11.2. The molecule has 1 heterocycles. The van der Waals surface area contributed by atoms with Crippen LogP contribution in [0.15, 0.2) is 71.8 Å². The molecule has 36 heavy (non-hydrogen) atoms. The third kappa shape index (κ3) is 5.26. The molecular formula is C27H27N3O5S. The number of rotatable bonds is 7. The molecule has 2 amide bonds. The Bertz CT molecular complexity index is 1480. The van der Waals surface area contributed by atoms with Crippen LogP contribution in [0.4, 0.5) is 10.5 Å². The Morgan fingerprint density at radius 2 is 1.78 bits per heavy atom. The largest absolute Gasteiger partial charge is 0.496 e. The molecule has 186 valence electrons. The molecule has 0 radical (unpaired) electrons. The van der Waals surface area contributed by atoms with Crippen molar-refractivity contribution in [3.8, 4) is 5.75 Å². The van der Waals surface area contributed by atoms with Crippen LogP contribution in [0.1, 0.15) is 27.0 Å². The number of hydrogen-bond acceptors (Lipinski definition) is 5. The molecule has 0 aliphatic rings. The number of aromatic nitrogens is 1. The van der Waals surface area contributed by atoms with Crippen molar-refractivity contribution in [3.63, 3.8) is 0 Å². The second-order valence-corrected chi connectivity index (χ2v) is 9.46. The summed E-state index contributed by atoms with van der Waals surface area (Å²) in [5.74, 6) is 0.0929. The molecule has 0 bridgehead atoms. The van der Waals surface area contributed by atoms with Crippen LogP contribution in [-0.4, -0.2) is 35.0 Å². The minimum absolute atomic E-state index is 0.347. The van der Waals surface area contributed by atoms with Crippen molar-refractivity contribution in [3.05, 3.63) is 89.1 Å². The second-order valence-electron chi connectivity index (χ2n) is 8.28. The lowest BCUT2D eigenvalue weighted by molar-refractivity contribution is 0.0982. The van der Waals surface area contributed by atoms with Crippen LogP contribution in [0.2, 0.25) is 0 Å². The molecule has 9 heteroatoms. The van der Waals surface area contributed by atoms with E-state index >= 15 is 0 Å². The van der Waals surface area contributed by atoms with Crippen LogP contribution >= 0.6 is 0 Å². The van der Waals surface area contributed by atoms with Crippen LogP contribution in [-0.2, 0) is 29.2 Å². The van der Waals surface area contributed by atoms with E-state index in [2.05, 4.69) is 14.8 Å². The first-order valence-corrected chi connectivity index (χ1v) is 12.3. The van der Waals surface area contributed by atoms with E-state index in [0.29, 0.717) is 28.3 Å². The molecule has 0 saturated heterocycles. The Morgan fingerprint density at radius 1 is 1.00 bits per heavy atom. The van der Waals surface area contributed by atoms with Crippen molar-refractivity contribution in [2.45, 2.75) is 18.2 Å². The highest BCUT2D eigenvalue weighted by Crippen LogP contribution is 2.30. The van der Waals surface area contributed by atoms with Gasteiger partial charge >= 0.3 is 6.09 Å². The topological polar surface area (TPSA) is 98.7 Å². The van der Waals surface area contributed by atoms with Gasteiger partial charge in [0.15, 0.2) is 11.0 Å². The summed E-state index contributed by atoms with van der Waals surface area (Å²) in [4.78, 5) is 25.0. The Morgan fingerprint density at radius 3 is 2.50 bits per heavy atom. The highest BCUT2D eigenvalue weighted by atomic mass is 32.2.